The number of hydrogen-bond donors (Lipinski definition) is 2. The molecule has 4 rings (SSSR count). The number of benzene rings is 1. The average Bonchev–Trinajstić information content (AvgIpc) is 3.41. The van der Waals surface area contributed by atoms with Gasteiger partial charge in [-0.25, -0.2) is 0 Å². The molecule has 1 saturated heterocycles. The van der Waals surface area contributed by atoms with Crippen LogP contribution < -0.4 is 20.1 Å². The molecule has 0 spiro atoms. The number of halogens is 2. The monoisotopic (exact) mass is 548 g/mol. The van der Waals surface area contributed by atoms with E-state index in [1.165, 1.54) is 19.3 Å². The Morgan fingerprint density at radius 1 is 1.23 bits per heavy atom. The lowest BCUT2D eigenvalue weighted by Gasteiger charge is -2.26. The van der Waals surface area contributed by atoms with Crippen LogP contribution in [0.5, 0.6) is 11.5 Å². The predicted octanol–water partition coefficient (Wildman–Crippen LogP) is 3.53. The minimum absolute atomic E-state index is 0. The molecule has 0 radical (unpaired) electrons. The molecule has 1 amide bonds. The fraction of sp³-hybridized carbons (Fsp3) is 0.619. The van der Waals surface area contributed by atoms with Crippen molar-refractivity contribution in [1.29, 1.82) is 0 Å². The van der Waals surface area contributed by atoms with E-state index in [-0.39, 0.29) is 42.7 Å². The van der Waals surface area contributed by atoms with E-state index in [0.29, 0.717) is 29.0 Å². The zero-order chi connectivity index (χ0) is 20.2. The number of carbonyl (C=O) groups excluding carboxylic acids is 1. The second kappa shape index (κ2) is 10.7. The topological polar surface area (TPSA) is 75.2 Å². The Morgan fingerprint density at radius 2 is 2.03 bits per heavy atom. The summed E-state index contributed by atoms with van der Waals surface area (Å²) >= 11 is 6.26. The van der Waals surface area contributed by atoms with Crippen LogP contribution in [0.1, 0.15) is 44.1 Å². The van der Waals surface area contributed by atoms with E-state index in [0.717, 1.165) is 43.9 Å². The van der Waals surface area contributed by atoms with Gasteiger partial charge >= 0.3 is 0 Å². The highest BCUT2D eigenvalue weighted by Crippen LogP contribution is 2.39. The number of nitrogens with zero attached hydrogens (tertiary/aromatic N) is 2. The first-order valence-corrected chi connectivity index (χ1v) is 10.9. The summed E-state index contributed by atoms with van der Waals surface area (Å²) in [5.41, 5.74) is 0.989. The molecule has 1 aromatic rings. The molecule has 166 valence electrons. The van der Waals surface area contributed by atoms with Crippen LogP contribution in [0.3, 0.4) is 0 Å². The van der Waals surface area contributed by atoms with E-state index in [9.17, 15) is 4.79 Å². The van der Waals surface area contributed by atoms with Gasteiger partial charge in [0.2, 0.25) is 12.7 Å². The van der Waals surface area contributed by atoms with E-state index in [1.54, 1.807) is 7.05 Å². The average molecular weight is 549 g/mol. The molecule has 1 unspecified atom stereocenters. The van der Waals surface area contributed by atoms with Gasteiger partial charge in [0.1, 0.15) is 0 Å². The molecular weight excluding hydrogens is 519 g/mol. The van der Waals surface area contributed by atoms with Crippen molar-refractivity contribution in [3.8, 4) is 11.5 Å². The van der Waals surface area contributed by atoms with Crippen LogP contribution in [0.2, 0.25) is 5.02 Å². The summed E-state index contributed by atoms with van der Waals surface area (Å²) in [5, 5.41) is 7.31. The van der Waals surface area contributed by atoms with Gasteiger partial charge in [0.05, 0.1) is 5.02 Å². The van der Waals surface area contributed by atoms with Crippen molar-refractivity contribution >= 4 is 47.4 Å². The first kappa shape index (κ1) is 23.2. The van der Waals surface area contributed by atoms with Crippen molar-refractivity contribution in [3.63, 3.8) is 0 Å². The van der Waals surface area contributed by atoms with Crippen LogP contribution in [0.4, 0.5) is 0 Å². The molecule has 7 nitrogen and oxygen atoms in total. The van der Waals surface area contributed by atoms with Gasteiger partial charge in [0, 0.05) is 38.6 Å². The lowest BCUT2D eigenvalue weighted by atomic mass is 9.88. The molecule has 30 heavy (non-hydrogen) atoms. The summed E-state index contributed by atoms with van der Waals surface area (Å²) in [5.74, 6) is 2.56. The lowest BCUT2D eigenvalue weighted by Crippen LogP contribution is -2.45. The van der Waals surface area contributed by atoms with E-state index in [1.807, 2.05) is 17.0 Å². The summed E-state index contributed by atoms with van der Waals surface area (Å²) in [6, 6.07) is 4.01. The molecule has 2 heterocycles. The number of hydrogen-bond acceptors (Lipinski definition) is 4. The number of fused-ring (bicyclic) bond motifs is 1. The van der Waals surface area contributed by atoms with E-state index < -0.39 is 0 Å². The van der Waals surface area contributed by atoms with Crippen molar-refractivity contribution in [2.75, 3.05) is 26.9 Å². The van der Waals surface area contributed by atoms with Crippen LogP contribution in [0.25, 0.3) is 0 Å². The Balaban J connectivity index is 0.00000256. The minimum atomic E-state index is 0. The van der Waals surface area contributed by atoms with Gasteiger partial charge < -0.3 is 25.0 Å². The molecule has 2 fully saturated rings. The smallest absolute Gasteiger partial charge is 0.231 e. The van der Waals surface area contributed by atoms with E-state index in [4.69, 9.17) is 21.1 Å². The highest BCUT2D eigenvalue weighted by Gasteiger charge is 2.31. The molecule has 1 saturated carbocycles. The van der Waals surface area contributed by atoms with Crippen molar-refractivity contribution in [2.24, 2.45) is 10.9 Å². The summed E-state index contributed by atoms with van der Waals surface area (Å²) < 4.78 is 10.8. The Bertz CT molecular complexity index is 786. The first-order chi connectivity index (χ1) is 14.1. The highest BCUT2D eigenvalue weighted by atomic mass is 127. The maximum atomic E-state index is 12.8. The summed E-state index contributed by atoms with van der Waals surface area (Å²) in [6.07, 6.45) is 6.68. The SMILES string of the molecule is CN=C(NCc1cc(Cl)c2c(c1)OCO2)NC1CCN(C(=O)C2CCCCC2)C1.I. The van der Waals surface area contributed by atoms with Crippen LogP contribution in [0.15, 0.2) is 17.1 Å². The molecule has 1 aliphatic carbocycles. The largest absolute Gasteiger partial charge is 0.454 e. The number of amides is 1. The summed E-state index contributed by atoms with van der Waals surface area (Å²) in [4.78, 5) is 19.1. The normalized spacial score (nSPS) is 21.3. The Hall–Kier alpha value is -1.42. The Kier molecular flexibility index (Phi) is 8.33. The second-order valence-corrected chi connectivity index (χ2v) is 8.39. The maximum Gasteiger partial charge on any atom is 0.231 e. The fourth-order valence-electron chi connectivity index (χ4n) is 4.38. The van der Waals surface area contributed by atoms with Crippen molar-refractivity contribution in [3.05, 3.63) is 22.7 Å². The van der Waals surface area contributed by atoms with Crippen molar-refractivity contribution in [1.82, 2.24) is 15.5 Å². The maximum absolute atomic E-state index is 12.8. The zero-order valence-electron chi connectivity index (χ0n) is 17.3. The molecule has 1 atom stereocenters. The third-order valence-corrected chi connectivity index (χ3v) is 6.25. The number of nitrogens with one attached hydrogen (secondary N) is 2. The number of guanidine groups is 1. The van der Waals surface area contributed by atoms with Crippen LogP contribution in [-0.4, -0.2) is 49.7 Å². The molecule has 9 heteroatoms. The summed E-state index contributed by atoms with van der Waals surface area (Å²) in [7, 11) is 1.75. The van der Waals surface area contributed by atoms with Gasteiger partial charge in [-0.05, 0) is 37.0 Å². The number of rotatable bonds is 4. The third kappa shape index (κ3) is 5.43. The molecule has 2 N–H and O–H groups in total. The van der Waals surface area contributed by atoms with Crippen molar-refractivity contribution in [2.45, 2.75) is 51.1 Å². The van der Waals surface area contributed by atoms with Gasteiger partial charge in [0.25, 0.3) is 0 Å². The van der Waals surface area contributed by atoms with Crippen molar-refractivity contribution < 1.29 is 14.3 Å². The van der Waals surface area contributed by atoms with Gasteiger partial charge in [0.15, 0.2) is 17.5 Å². The van der Waals surface area contributed by atoms with Gasteiger partial charge in [-0.15, -0.1) is 24.0 Å². The fourth-order valence-corrected chi connectivity index (χ4v) is 4.67. The summed E-state index contributed by atoms with van der Waals surface area (Å²) in [6.45, 7) is 2.33. The Morgan fingerprint density at radius 3 is 2.80 bits per heavy atom. The first-order valence-electron chi connectivity index (χ1n) is 10.5. The van der Waals surface area contributed by atoms with E-state index >= 15 is 0 Å². The quantitative estimate of drug-likeness (QED) is 0.342. The number of ether oxygens (including phenoxy) is 2. The second-order valence-electron chi connectivity index (χ2n) is 7.99. The van der Waals surface area contributed by atoms with E-state index in [2.05, 4.69) is 15.6 Å². The van der Waals surface area contributed by atoms with Gasteiger partial charge in [-0.2, -0.15) is 0 Å². The predicted molar refractivity (Wildman–Crippen MR) is 128 cm³/mol. The molecule has 2 aliphatic heterocycles. The zero-order valence-corrected chi connectivity index (χ0v) is 20.4. The molecular formula is C21H30ClIN4O3. The number of likely N-dealkylation sites (tertiary alicyclic amines) is 1. The third-order valence-electron chi connectivity index (χ3n) is 5.97. The molecule has 3 aliphatic rings. The highest BCUT2D eigenvalue weighted by molar-refractivity contribution is 14.0. The molecule has 0 bridgehead atoms. The lowest BCUT2D eigenvalue weighted by molar-refractivity contribution is -0.135. The van der Waals surface area contributed by atoms with Crippen LogP contribution in [0, 0.1) is 5.92 Å². The molecule has 0 aromatic heterocycles. The number of carbonyl (C=O) groups is 1. The van der Waals surface area contributed by atoms with Gasteiger partial charge in [-0.3, -0.25) is 9.79 Å². The van der Waals surface area contributed by atoms with Crippen LogP contribution in [-0.2, 0) is 11.3 Å². The van der Waals surface area contributed by atoms with Crippen LogP contribution >= 0.6 is 35.6 Å². The standard InChI is InChI=1S/C21H29ClN4O3.HI/c1-23-21(24-11-14-9-17(22)19-18(10-14)28-13-29-19)25-16-7-8-26(12-16)20(27)15-5-3-2-4-6-15;/h9-10,15-16H,2-8,11-13H2,1H3,(H2,23,24,25);1H. The number of aliphatic imine (C=N–C) groups is 1. The molecule has 1 aromatic carbocycles. The Labute approximate surface area is 199 Å². The van der Waals surface area contributed by atoms with Gasteiger partial charge in [-0.1, -0.05) is 30.9 Å². The minimum Gasteiger partial charge on any atom is -0.454 e.